The van der Waals surface area contributed by atoms with Crippen LogP contribution in [0.15, 0.2) is 30.3 Å². The van der Waals surface area contributed by atoms with Crippen LogP contribution < -0.4 is 14.4 Å². The summed E-state index contributed by atoms with van der Waals surface area (Å²) >= 11 is -1.61. The Morgan fingerprint density at radius 1 is 1.09 bits per heavy atom. The summed E-state index contributed by atoms with van der Waals surface area (Å²) in [6, 6.07) is 8.22. The highest BCUT2D eigenvalue weighted by atomic mass is 32.2. The number of amides is 1. The number of halogens is 2. The molecule has 0 saturated carbocycles. The molecule has 2 heterocycles. The first kappa shape index (κ1) is 25.9. The lowest BCUT2D eigenvalue weighted by molar-refractivity contribution is -0.131. The monoisotopic (exact) mass is 497 g/mol. The molecule has 34 heavy (non-hydrogen) atoms. The molecule has 0 bridgehead atoms. The lowest BCUT2D eigenvalue weighted by atomic mass is 10.1. The van der Waals surface area contributed by atoms with E-state index in [9.17, 15) is 13.6 Å². The number of anilines is 1. The van der Waals surface area contributed by atoms with Crippen LogP contribution in [0.2, 0.25) is 0 Å². The predicted molar refractivity (Wildman–Crippen MR) is 125 cm³/mol. The number of nitrogens with zero attached hydrogens (tertiary/aromatic N) is 3. The van der Waals surface area contributed by atoms with E-state index in [4.69, 9.17) is 18.2 Å². The molecule has 1 unspecified atom stereocenters. The summed E-state index contributed by atoms with van der Waals surface area (Å²) in [5.41, 5.74) is 1.47. The molecule has 0 aromatic heterocycles. The van der Waals surface area contributed by atoms with Crippen molar-refractivity contribution in [3.63, 3.8) is 0 Å². The van der Waals surface area contributed by atoms with E-state index in [0.717, 1.165) is 48.8 Å². The number of likely N-dealkylation sites (N-methyl/N-ethyl adjacent to an activating group) is 1. The molecule has 2 aliphatic heterocycles. The zero-order chi connectivity index (χ0) is 24.8. The number of hydrogen-bond donors (Lipinski definition) is 1. The van der Waals surface area contributed by atoms with Gasteiger partial charge in [-0.05, 0) is 36.2 Å². The highest BCUT2D eigenvalue weighted by molar-refractivity contribution is 7.78. The SMILES string of the molecule is CS(=O)O.Cc1cc(F)c(N(C)CC(=O)N2CCN(Cc3ccc4c(c3)OCO4)CC2)cc1F. The average molecular weight is 498 g/mol. The molecule has 2 aromatic rings. The van der Waals surface area contributed by atoms with Crippen LogP contribution in [-0.2, 0) is 22.4 Å². The molecule has 186 valence electrons. The second-order valence-electron chi connectivity index (χ2n) is 8.18. The van der Waals surface area contributed by atoms with Crippen LogP contribution in [-0.4, -0.2) is 77.3 Å². The minimum absolute atomic E-state index is 0.00157. The van der Waals surface area contributed by atoms with Crippen LogP contribution in [0.25, 0.3) is 0 Å². The number of piperazine rings is 1. The smallest absolute Gasteiger partial charge is 0.242 e. The molecule has 1 fully saturated rings. The zero-order valence-corrected chi connectivity index (χ0v) is 20.2. The van der Waals surface area contributed by atoms with Gasteiger partial charge in [0.05, 0.1) is 12.2 Å². The van der Waals surface area contributed by atoms with E-state index in [1.54, 1.807) is 11.9 Å². The average Bonchev–Trinajstić information content (AvgIpc) is 3.24. The van der Waals surface area contributed by atoms with Crippen molar-refractivity contribution in [3.8, 4) is 11.5 Å². The summed E-state index contributed by atoms with van der Waals surface area (Å²) in [6.07, 6.45) is 1.19. The standard InChI is InChI=1S/C22H25F2N3O3.CH4O2S/c1-15-9-18(24)19(11-17(15)23)25(2)13-22(28)27-7-5-26(6-8-27)12-16-3-4-20-21(10-16)30-14-29-20;1-4(2)3/h3-4,9-11H,5-8,12-14H2,1-2H3;1H3,(H,2,3). The number of ether oxygens (including phenoxy) is 2. The van der Waals surface area contributed by atoms with Gasteiger partial charge in [-0.3, -0.25) is 9.69 Å². The van der Waals surface area contributed by atoms with Gasteiger partial charge in [0.25, 0.3) is 0 Å². The lowest BCUT2D eigenvalue weighted by Crippen LogP contribution is -2.50. The molecule has 1 amide bonds. The maximum Gasteiger partial charge on any atom is 0.242 e. The Morgan fingerprint density at radius 3 is 2.41 bits per heavy atom. The Hall–Kier alpha value is -2.76. The lowest BCUT2D eigenvalue weighted by Gasteiger charge is -2.35. The van der Waals surface area contributed by atoms with Crippen LogP contribution >= 0.6 is 0 Å². The molecule has 1 atom stereocenters. The Labute approximate surface area is 200 Å². The second kappa shape index (κ2) is 11.6. The summed E-state index contributed by atoms with van der Waals surface area (Å²) in [5, 5.41) is 0. The van der Waals surface area contributed by atoms with E-state index in [1.807, 2.05) is 18.2 Å². The summed E-state index contributed by atoms with van der Waals surface area (Å²) in [4.78, 5) is 18.2. The first-order valence-electron chi connectivity index (χ1n) is 10.7. The molecule has 0 spiro atoms. The van der Waals surface area contributed by atoms with Gasteiger partial charge in [0.2, 0.25) is 12.7 Å². The van der Waals surface area contributed by atoms with Crippen molar-refractivity contribution in [2.24, 2.45) is 0 Å². The zero-order valence-electron chi connectivity index (χ0n) is 19.4. The van der Waals surface area contributed by atoms with E-state index in [0.29, 0.717) is 13.1 Å². The third-order valence-corrected chi connectivity index (χ3v) is 5.58. The van der Waals surface area contributed by atoms with E-state index in [2.05, 4.69) is 4.90 Å². The van der Waals surface area contributed by atoms with Crippen molar-refractivity contribution in [1.29, 1.82) is 0 Å². The fourth-order valence-electron chi connectivity index (χ4n) is 3.77. The maximum absolute atomic E-state index is 14.2. The van der Waals surface area contributed by atoms with Crippen molar-refractivity contribution < 1.29 is 31.8 Å². The number of carbonyl (C=O) groups is 1. The molecule has 8 nitrogen and oxygen atoms in total. The molecular weight excluding hydrogens is 468 g/mol. The third-order valence-electron chi connectivity index (χ3n) is 5.58. The van der Waals surface area contributed by atoms with Gasteiger partial charge in [0.1, 0.15) is 22.7 Å². The van der Waals surface area contributed by atoms with Gasteiger partial charge < -0.3 is 23.8 Å². The number of hydrogen-bond acceptors (Lipinski definition) is 6. The summed E-state index contributed by atoms with van der Waals surface area (Å²) in [5.74, 6) is 0.425. The Morgan fingerprint density at radius 2 is 1.74 bits per heavy atom. The van der Waals surface area contributed by atoms with E-state index in [-0.39, 0.29) is 30.5 Å². The number of carbonyl (C=O) groups excluding carboxylic acids is 1. The third kappa shape index (κ3) is 6.87. The minimum atomic E-state index is -1.61. The van der Waals surface area contributed by atoms with Gasteiger partial charge in [0.15, 0.2) is 11.5 Å². The van der Waals surface area contributed by atoms with Crippen molar-refractivity contribution in [2.75, 3.05) is 57.7 Å². The molecular formula is C23H29F2N3O5S. The largest absolute Gasteiger partial charge is 0.454 e. The van der Waals surface area contributed by atoms with Crippen LogP contribution in [0.3, 0.4) is 0 Å². The Kier molecular flexibility index (Phi) is 8.81. The molecule has 2 aromatic carbocycles. The highest BCUT2D eigenvalue weighted by Crippen LogP contribution is 2.32. The minimum Gasteiger partial charge on any atom is -0.454 e. The number of rotatable bonds is 5. The molecule has 11 heteroatoms. The number of aryl methyl sites for hydroxylation is 1. The number of fused-ring (bicyclic) bond motifs is 1. The van der Waals surface area contributed by atoms with Gasteiger partial charge in [-0.1, -0.05) is 6.07 Å². The second-order valence-corrected chi connectivity index (χ2v) is 9.02. The fourth-order valence-corrected chi connectivity index (χ4v) is 3.77. The normalized spacial score (nSPS) is 16.0. The van der Waals surface area contributed by atoms with Crippen LogP contribution in [0.5, 0.6) is 11.5 Å². The van der Waals surface area contributed by atoms with Crippen LogP contribution in [0.4, 0.5) is 14.5 Å². The molecule has 1 saturated heterocycles. The quantitative estimate of drug-likeness (QED) is 0.636. The first-order chi connectivity index (χ1) is 16.1. The molecule has 2 aliphatic rings. The van der Waals surface area contributed by atoms with E-state index in [1.165, 1.54) is 18.1 Å². The topological polar surface area (TPSA) is 82.6 Å². The van der Waals surface area contributed by atoms with Crippen molar-refractivity contribution in [3.05, 3.63) is 53.1 Å². The molecule has 4 rings (SSSR count). The van der Waals surface area contributed by atoms with Gasteiger partial charge in [0, 0.05) is 52.1 Å². The van der Waals surface area contributed by atoms with Gasteiger partial charge in [-0.2, -0.15) is 0 Å². The summed E-state index contributed by atoms with van der Waals surface area (Å²) in [6.45, 7) is 5.23. The Balaban J connectivity index is 0.000000751. The number of benzene rings is 2. The first-order valence-corrected chi connectivity index (χ1v) is 12.2. The highest BCUT2D eigenvalue weighted by Gasteiger charge is 2.23. The van der Waals surface area contributed by atoms with Crippen molar-refractivity contribution in [1.82, 2.24) is 9.80 Å². The van der Waals surface area contributed by atoms with Crippen molar-refractivity contribution in [2.45, 2.75) is 13.5 Å². The van der Waals surface area contributed by atoms with Crippen LogP contribution in [0.1, 0.15) is 11.1 Å². The van der Waals surface area contributed by atoms with Gasteiger partial charge in [-0.25, -0.2) is 13.0 Å². The van der Waals surface area contributed by atoms with Gasteiger partial charge >= 0.3 is 0 Å². The summed E-state index contributed by atoms with van der Waals surface area (Å²) in [7, 11) is 1.60. The van der Waals surface area contributed by atoms with Crippen molar-refractivity contribution >= 4 is 22.7 Å². The van der Waals surface area contributed by atoms with E-state index >= 15 is 0 Å². The molecule has 0 radical (unpaired) electrons. The van der Waals surface area contributed by atoms with Gasteiger partial charge in [-0.15, -0.1) is 0 Å². The summed E-state index contributed by atoms with van der Waals surface area (Å²) < 4.78 is 55.4. The Bertz CT molecular complexity index is 1040. The molecule has 1 N–H and O–H groups in total. The van der Waals surface area contributed by atoms with Crippen LogP contribution in [0, 0.1) is 18.6 Å². The maximum atomic E-state index is 14.2. The fraction of sp³-hybridized carbons (Fsp3) is 0.435. The molecule has 0 aliphatic carbocycles. The van der Waals surface area contributed by atoms with E-state index < -0.39 is 22.7 Å². The predicted octanol–water partition coefficient (Wildman–Crippen LogP) is 2.62.